The number of hydrogen-bond donors (Lipinski definition) is 1. The molecule has 0 unspecified atom stereocenters. The second-order valence-corrected chi connectivity index (χ2v) is 6.34. The summed E-state index contributed by atoms with van der Waals surface area (Å²) in [6.07, 6.45) is 1.49. The lowest BCUT2D eigenvalue weighted by atomic mass is 10.1. The van der Waals surface area contributed by atoms with Crippen LogP contribution in [0.4, 0.5) is 23.2 Å². The fourth-order valence-electron chi connectivity index (χ4n) is 2.92. The molecule has 1 N–H and O–H groups in total. The van der Waals surface area contributed by atoms with Crippen molar-refractivity contribution in [2.75, 3.05) is 5.32 Å². The Kier molecular flexibility index (Phi) is 5.05. The van der Waals surface area contributed by atoms with Crippen molar-refractivity contribution in [2.24, 2.45) is 0 Å². The number of nitrogens with zero attached hydrogens (tertiary/aromatic N) is 2. The number of benzene rings is 3. The molecule has 0 atom stereocenters. The topological polar surface area (TPSA) is 46.9 Å². The Bertz CT molecular complexity index is 1220. The molecule has 0 aliphatic carbocycles. The van der Waals surface area contributed by atoms with Crippen LogP contribution in [0.5, 0.6) is 0 Å². The molecule has 8 heteroatoms. The first-order valence-electron chi connectivity index (χ1n) is 8.80. The summed E-state index contributed by atoms with van der Waals surface area (Å²) in [5.74, 6) is -8.62. The molecule has 4 aromatic rings. The number of halogens is 4. The molecule has 0 saturated carbocycles. The first-order chi connectivity index (χ1) is 14.5. The molecule has 3 aromatic carbocycles. The lowest BCUT2D eigenvalue weighted by molar-refractivity contribution is 0.102. The maximum Gasteiger partial charge on any atom is 0.258 e. The first kappa shape index (κ1) is 19.4. The van der Waals surface area contributed by atoms with E-state index in [0.717, 1.165) is 0 Å². The molecule has 0 aliphatic heterocycles. The van der Waals surface area contributed by atoms with E-state index < -0.39 is 34.7 Å². The Morgan fingerprint density at radius 3 is 2.13 bits per heavy atom. The van der Waals surface area contributed by atoms with Crippen molar-refractivity contribution in [1.82, 2.24) is 9.78 Å². The van der Waals surface area contributed by atoms with Crippen molar-refractivity contribution < 1.29 is 22.4 Å². The largest absolute Gasteiger partial charge is 0.319 e. The zero-order valence-corrected chi connectivity index (χ0v) is 15.2. The van der Waals surface area contributed by atoms with Crippen LogP contribution < -0.4 is 5.32 Å². The molecule has 1 aromatic heterocycles. The second-order valence-electron chi connectivity index (χ2n) is 6.34. The molecular weight excluding hydrogens is 398 g/mol. The van der Waals surface area contributed by atoms with Crippen LogP contribution in [-0.4, -0.2) is 15.7 Å². The minimum atomic E-state index is -2.05. The third-order valence-electron chi connectivity index (χ3n) is 4.38. The van der Waals surface area contributed by atoms with E-state index in [1.807, 2.05) is 6.07 Å². The van der Waals surface area contributed by atoms with Crippen molar-refractivity contribution in [1.29, 1.82) is 0 Å². The Hall–Kier alpha value is -3.94. The summed E-state index contributed by atoms with van der Waals surface area (Å²) in [6.45, 7) is 0. The number of nitrogens with one attached hydrogen (secondary N) is 1. The van der Waals surface area contributed by atoms with E-state index in [1.54, 1.807) is 54.6 Å². The van der Waals surface area contributed by atoms with Gasteiger partial charge in [-0.1, -0.05) is 48.5 Å². The van der Waals surface area contributed by atoms with Crippen LogP contribution in [0.15, 0.2) is 72.9 Å². The van der Waals surface area contributed by atoms with E-state index in [9.17, 15) is 22.4 Å². The molecule has 0 aliphatic rings. The number of carbonyl (C=O) groups excluding carboxylic acids is 1. The number of aromatic nitrogens is 2. The van der Waals surface area contributed by atoms with Crippen molar-refractivity contribution in [3.05, 3.63) is 102 Å². The fraction of sp³-hybridized carbons (Fsp3) is 0. The highest BCUT2D eigenvalue weighted by molar-refractivity contribution is 6.06. The Labute approximate surface area is 168 Å². The molecular formula is C22H13F4N3O. The summed E-state index contributed by atoms with van der Waals surface area (Å²) < 4.78 is 55.8. The molecule has 1 amide bonds. The van der Waals surface area contributed by atoms with E-state index in [4.69, 9.17) is 0 Å². The summed E-state index contributed by atoms with van der Waals surface area (Å²) in [5.41, 5.74) is 0.924. The molecule has 150 valence electrons. The highest BCUT2D eigenvalue weighted by Crippen LogP contribution is 2.29. The number of rotatable bonds is 4. The Balaban J connectivity index is 1.77. The van der Waals surface area contributed by atoms with Crippen LogP contribution in [0.3, 0.4) is 0 Å². The SMILES string of the molecule is O=C(Nc1cn(-c2ccccc2)nc1-c1ccccc1)c1cc(F)c(F)c(F)c1F. The van der Waals surface area contributed by atoms with E-state index in [2.05, 4.69) is 10.4 Å². The van der Waals surface area contributed by atoms with Crippen molar-refractivity contribution in [3.63, 3.8) is 0 Å². The molecule has 30 heavy (non-hydrogen) atoms. The smallest absolute Gasteiger partial charge is 0.258 e. The lowest BCUT2D eigenvalue weighted by Gasteiger charge is -2.08. The number of para-hydroxylation sites is 1. The second kappa shape index (κ2) is 7.82. The molecule has 4 rings (SSSR count). The van der Waals surface area contributed by atoms with Gasteiger partial charge in [-0.15, -0.1) is 0 Å². The number of anilines is 1. The molecule has 1 heterocycles. The van der Waals surface area contributed by atoms with Gasteiger partial charge in [0.05, 0.1) is 23.1 Å². The van der Waals surface area contributed by atoms with Crippen LogP contribution in [0, 0.1) is 23.3 Å². The van der Waals surface area contributed by atoms with Crippen molar-refractivity contribution in [2.45, 2.75) is 0 Å². The molecule has 0 radical (unpaired) electrons. The van der Waals surface area contributed by atoms with Crippen LogP contribution in [-0.2, 0) is 0 Å². The van der Waals surface area contributed by atoms with Crippen LogP contribution >= 0.6 is 0 Å². The quantitative estimate of drug-likeness (QED) is 0.280. The number of hydrogen-bond acceptors (Lipinski definition) is 2. The zero-order chi connectivity index (χ0) is 21.3. The van der Waals surface area contributed by atoms with Gasteiger partial charge >= 0.3 is 0 Å². The predicted molar refractivity (Wildman–Crippen MR) is 103 cm³/mol. The molecule has 4 nitrogen and oxygen atoms in total. The number of amides is 1. The molecule has 0 fully saturated rings. The summed E-state index contributed by atoms with van der Waals surface area (Å²) in [7, 11) is 0. The van der Waals surface area contributed by atoms with Gasteiger partial charge in [0.2, 0.25) is 0 Å². The van der Waals surface area contributed by atoms with Gasteiger partial charge in [-0.2, -0.15) is 5.10 Å². The minimum Gasteiger partial charge on any atom is -0.319 e. The van der Waals surface area contributed by atoms with Gasteiger partial charge in [-0.3, -0.25) is 4.79 Å². The third-order valence-corrected chi connectivity index (χ3v) is 4.38. The Morgan fingerprint density at radius 1 is 0.833 bits per heavy atom. The van der Waals surface area contributed by atoms with E-state index in [0.29, 0.717) is 23.0 Å². The average molecular weight is 411 g/mol. The predicted octanol–water partition coefficient (Wildman–Crippen LogP) is 5.35. The summed E-state index contributed by atoms with van der Waals surface area (Å²) in [5, 5.41) is 6.88. The van der Waals surface area contributed by atoms with Gasteiger partial charge in [0, 0.05) is 5.56 Å². The maximum absolute atomic E-state index is 14.0. The van der Waals surface area contributed by atoms with Gasteiger partial charge in [0.25, 0.3) is 5.91 Å². The summed E-state index contributed by atoms with van der Waals surface area (Å²) in [4.78, 5) is 12.5. The maximum atomic E-state index is 14.0. The van der Waals surface area contributed by atoms with Crippen LogP contribution in [0.1, 0.15) is 10.4 Å². The molecule has 0 bridgehead atoms. The monoisotopic (exact) mass is 411 g/mol. The lowest BCUT2D eigenvalue weighted by Crippen LogP contribution is -2.16. The number of carbonyl (C=O) groups is 1. The third kappa shape index (κ3) is 3.55. The average Bonchev–Trinajstić information content (AvgIpc) is 3.19. The van der Waals surface area contributed by atoms with Gasteiger partial charge in [0.1, 0.15) is 5.69 Å². The van der Waals surface area contributed by atoms with Gasteiger partial charge in [-0.05, 0) is 18.2 Å². The molecule has 0 spiro atoms. The highest BCUT2D eigenvalue weighted by atomic mass is 19.2. The van der Waals surface area contributed by atoms with Crippen LogP contribution in [0.25, 0.3) is 16.9 Å². The van der Waals surface area contributed by atoms with Crippen LogP contribution in [0.2, 0.25) is 0 Å². The van der Waals surface area contributed by atoms with E-state index in [1.165, 1.54) is 10.9 Å². The van der Waals surface area contributed by atoms with E-state index in [-0.39, 0.29) is 5.69 Å². The van der Waals surface area contributed by atoms with Crippen molar-refractivity contribution in [3.8, 4) is 16.9 Å². The Morgan fingerprint density at radius 2 is 1.47 bits per heavy atom. The van der Waals surface area contributed by atoms with Crippen molar-refractivity contribution >= 4 is 11.6 Å². The van der Waals surface area contributed by atoms with E-state index >= 15 is 0 Å². The molecule has 0 saturated heterocycles. The van der Waals surface area contributed by atoms with Gasteiger partial charge < -0.3 is 5.32 Å². The summed E-state index contributed by atoms with van der Waals surface area (Å²) in [6, 6.07) is 18.2. The van der Waals surface area contributed by atoms with Gasteiger partial charge in [0.15, 0.2) is 23.3 Å². The zero-order valence-electron chi connectivity index (χ0n) is 15.2. The fourth-order valence-corrected chi connectivity index (χ4v) is 2.92. The summed E-state index contributed by atoms with van der Waals surface area (Å²) >= 11 is 0. The first-order valence-corrected chi connectivity index (χ1v) is 8.80. The highest BCUT2D eigenvalue weighted by Gasteiger charge is 2.24. The standard InChI is InChI=1S/C22H13F4N3O/c23-16-11-15(18(24)20(26)19(16)25)22(30)27-17-12-29(14-9-5-2-6-10-14)28-21(17)13-7-3-1-4-8-13/h1-12H,(H,27,30). The normalized spacial score (nSPS) is 10.8. The van der Waals surface area contributed by atoms with Gasteiger partial charge in [-0.25, -0.2) is 22.2 Å². The minimum absolute atomic E-state index is 0.180.